The number of ketones is 1. The predicted molar refractivity (Wildman–Crippen MR) is 54.7 cm³/mol. The van der Waals surface area contributed by atoms with Crippen LogP contribution in [0, 0.1) is 5.41 Å². The van der Waals surface area contributed by atoms with Crippen molar-refractivity contribution >= 4 is 17.6 Å². The van der Waals surface area contributed by atoms with Crippen molar-refractivity contribution in [2.75, 3.05) is 6.54 Å². The zero-order chi connectivity index (χ0) is 10.1. The average Bonchev–Trinajstić information content (AvgIpc) is 2.30. The third-order valence-corrected chi connectivity index (χ3v) is 2.67. The summed E-state index contributed by atoms with van der Waals surface area (Å²) in [6, 6.07) is -0.0270. The van der Waals surface area contributed by atoms with Crippen LogP contribution in [0.5, 0.6) is 0 Å². The van der Waals surface area contributed by atoms with E-state index in [1.165, 1.54) is 0 Å². The molecule has 2 nitrogen and oxygen atoms in total. The summed E-state index contributed by atoms with van der Waals surface area (Å²) in [4.78, 5) is 11.7. The van der Waals surface area contributed by atoms with E-state index in [-0.39, 0.29) is 11.5 Å². The average molecular weight is 204 g/mol. The molecule has 0 unspecified atom stereocenters. The molecule has 3 heteroatoms. The van der Waals surface area contributed by atoms with Gasteiger partial charge in [-0.25, -0.2) is 4.42 Å². The molecule has 0 radical (unpaired) electrons. The van der Waals surface area contributed by atoms with Gasteiger partial charge >= 0.3 is 0 Å². The highest BCUT2D eigenvalue weighted by Crippen LogP contribution is 2.26. The predicted octanol–water partition coefficient (Wildman–Crippen LogP) is 2.61. The molecule has 0 N–H and O–H groups in total. The van der Waals surface area contributed by atoms with Gasteiger partial charge in [-0.05, 0) is 30.0 Å². The molecule has 0 aromatic rings. The Kier molecular flexibility index (Phi) is 3.36. The van der Waals surface area contributed by atoms with Gasteiger partial charge in [0.15, 0.2) is 5.78 Å². The van der Waals surface area contributed by atoms with Gasteiger partial charge in [0.05, 0.1) is 6.04 Å². The van der Waals surface area contributed by atoms with Gasteiger partial charge in [0.25, 0.3) is 0 Å². The molecule has 1 saturated heterocycles. The Bertz CT molecular complexity index is 198. The fraction of sp³-hybridized carbons (Fsp3) is 0.900. The van der Waals surface area contributed by atoms with Crippen LogP contribution in [0.25, 0.3) is 0 Å². The number of hydrogen-bond donors (Lipinski definition) is 0. The lowest BCUT2D eigenvalue weighted by Gasteiger charge is -2.21. The van der Waals surface area contributed by atoms with Crippen molar-refractivity contribution in [2.24, 2.45) is 5.41 Å². The maximum atomic E-state index is 11.7. The Morgan fingerprint density at radius 3 is 2.54 bits per heavy atom. The molecule has 1 heterocycles. The first-order valence-corrected chi connectivity index (χ1v) is 5.19. The smallest absolute Gasteiger partial charge is 0.151 e. The summed E-state index contributed by atoms with van der Waals surface area (Å²) in [7, 11) is 0. The molecule has 0 aliphatic carbocycles. The highest BCUT2D eigenvalue weighted by Gasteiger charge is 2.31. The minimum absolute atomic E-state index is 0.0270. The molecule has 0 saturated carbocycles. The second-order valence-electron chi connectivity index (χ2n) is 4.99. The lowest BCUT2D eigenvalue weighted by molar-refractivity contribution is -0.123. The van der Waals surface area contributed by atoms with Gasteiger partial charge in [-0.2, -0.15) is 0 Å². The normalized spacial score (nSPS) is 25.1. The van der Waals surface area contributed by atoms with Crippen LogP contribution in [-0.4, -0.2) is 22.8 Å². The third-order valence-electron chi connectivity index (χ3n) is 2.26. The van der Waals surface area contributed by atoms with Gasteiger partial charge in [-0.1, -0.05) is 20.8 Å². The molecular weight excluding hydrogens is 186 g/mol. The standard InChI is InChI=1S/C10H18ClNO/c1-10(2,3)7-9(13)8-5-4-6-12(8)11/h8H,4-7H2,1-3H3/t8-/m0/s1. The van der Waals surface area contributed by atoms with E-state index in [0.29, 0.717) is 12.2 Å². The Labute approximate surface area is 85.4 Å². The molecule has 0 aromatic carbocycles. The van der Waals surface area contributed by atoms with Gasteiger partial charge in [-0.15, -0.1) is 0 Å². The molecule has 13 heavy (non-hydrogen) atoms. The number of halogens is 1. The molecule has 76 valence electrons. The van der Waals surface area contributed by atoms with Crippen molar-refractivity contribution in [2.45, 2.75) is 46.1 Å². The molecule has 0 spiro atoms. The second kappa shape index (κ2) is 3.97. The zero-order valence-corrected chi connectivity index (χ0v) is 9.40. The number of nitrogens with zero attached hydrogens (tertiary/aromatic N) is 1. The Morgan fingerprint density at radius 2 is 2.15 bits per heavy atom. The highest BCUT2D eigenvalue weighted by atomic mass is 35.5. The number of rotatable bonds is 2. The number of carbonyl (C=O) groups excluding carboxylic acids is 1. The number of Topliss-reactive ketones (excluding diaryl/α,β-unsaturated/α-hetero) is 1. The van der Waals surface area contributed by atoms with Crippen LogP contribution in [-0.2, 0) is 4.79 Å². The van der Waals surface area contributed by atoms with Crippen LogP contribution in [0.2, 0.25) is 0 Å². The van der Waals surface area contributed by atoms with Gasteiger partial charge < -0.3 is 0 Å². The maximum Gasteiger partial charge on any atom is 0.151 e. The van der Waals surface area contributed by atoms with E-state index < -0.39 is 0 Å². The van der Waals surface area contributed by atoms with Crippen molar-refractivity contribution in [1.29, 1.82) is 0 Å². The molecule has 1 atom stereocenters. The van der Waals surface area contributed by atoms with E-state index in [0.717, 1.165) is 19.4 Å². The molecule has 1 aliphatic heterocycles. The van der Waals surface area contributed by atoms with E-state index in [1.807, 2.05) is 0 Å². The Morgan fingerprint density at radius 1 is 1.54 bits per heavy atom. The van der Waals surface area contributed by atoms with Crippen molar-refractivity contribution in [3.05, 3.63) is 0 Å². The van der Waals surface area contributed by atoms with E-state index in [1.54, 1.807) is 4.42 Å². The van der Waals surface area contributed by atoms with E-state index in [2.05, 4.69) is 20.8 Å². The molecule has 1 aliphatic rings. The maximum absolute atomic E-state index is 11.7. The van der Waals surface area contributed by atoms with Crippen molar-refractivity contribution in [3.63, 3.8) is 0 Å². The summed E-state index contributed by atoms with van der Waals surface area (Å²) < 4.78 is 1.66. The first kappa shape index (κ1) is 11.0. The lowest BCUT2D eigenvalue weighted by atomic mass is 9.87. The van der Waals surface area contributed by atoms with Crippen LogP contribution in [0.3, 0.4) is 0 Å². The minimum Gasteiger partial charge on any atom is -0.298 e. The monoisotopic (exact) mass is 203 g/mol. The van der Waals surface area contributed by atoms with Gasteiger partial charge in [0.2, 0.25) is 0 Å². The molecular formula is C10H18ClNO. The molecule has 0 bridgehead atoms. The van der Waals surface area contributed by atoms with Crippen molar-refractivity contribution in [3.8, 4) is 0 Å². The second-order valence-corrected chi connectivity index (χ2v) is 5.42. The zero-order valence-electron chi connectivity index (χ0n) is 8.64. The topological polar surface area (TPSA) is 20.3 Å². The summed E-state index contributed by atoms with van der Waals surface area (Å²) in [6.45, 7) is 7.09. The third kappa shape index (κ3) is 3.28. The minimum atomic E-state index is -0.0270. The van der Waals surface area contributed by atoms with Crippen LogP contribution in [0.1, 0.15) is 40.0 Å². The summed E-state index contributed by atoms with van der Waals surface area (Å²) in [6.07, 6.45) is 2.60. The van der Waals surface area contributed by atoms with Crippen LogP contribution >= 0.6 is 11.8 Å². The number of carbonyl (C=O) groups is 1. The largest absolute Gasteiger partial charge is 0.298 e. The van der Waals surface area contributed by atoms with Crippen molar-refractivity contribution < 1.29 is 4.79 Å². The van der Waals surface area contributed by atoms with Gasteiger partial charge in [-0.3, -0.25) is 4.79 Å². The van der Waals surface area contributed by atoms with E-state index >= 15 is 0 Å². The first-order chi connectivity index (χ1) is 5.90. The SMILES string of the molecule is CC(C)(C)CC(=O)[C@@H]1CCCN1Cl. The quantitative estimate of drug-likeness (QED) is 0.644. The summed E-state index contributed by atoms with van der Waals surface area (Å²) in [5, 5.41) is 0. The summed E-state index contributed by atoms with van der Waals surface area (Å²) >= 11 is 5.91. The molecule has 1 rings (SSSR count). The summed E-state index contributed by atoms with van der Waals surface area (Å²) in [5.74, 6) is 0.292. The highest BCUT2D eigenvalue weighted by molar-refractivity contribution is 6.15. The number of hydrogen-bond acceptors (Lipinski definition) is 2. The summed E-state index contributed by atoms with van der Waals surface area (Å²) in [5.41, 5.74) is 0.0808. The fourth-order valence-corrected chi connectivity index (χ4v) is 2.02. The van der Waals surface area contributed by atoms with Gasteiger partial charge in [0.1, 0.15) is 0 Å². The fourth-order valence-electron chi connectivity index (χ4n) is 1.69. The van der Waals surface area contributed by atoms with Crippen LogP contribution in [0.15, 0.2) is 0 Å². The van der Waals surface area contributed by atoms with Crippen LogP contribution in [0.4, 0.5) is 0 Å². The van der Waals surface area contributed by atoms with E-state index in [4.69, 9.17) is 11.8 Å². The molecule has 0 amide bonds. The molecule has 1 fully saturated rings. The lowest BCUT2D eigenvalue weighted by Crippen LogP contribution is -2.31. The van der Waals surface area contributed by atoms with Crippen LogP contribution < -0.4 is 0 Å². The Balaban J connectivity index is 2.48. The van der Waals surface area contributed by atoms with E-state index in [9.17, 15) is 4.79 Å². The first-order valence-electron chi connectivity index (χ1n) is 4.85. The van der Waals surface area contributed by atoms with Crippen molar-refractivity contribution in [1.82, 2.24) is 4.42 Å². The molecule has 0 aromatic heterocycles. The van der Waals surface area contributed by atoms with Gasteiger partial charge in [0, 0.05) is 13.0 Å². The Hall–Kier alpha value is -0.0800.